The lowest BCUT2D eigenvalue weighted by molar-refractivity contribution is -0.143. The summed E-state index contributed by atoms with van der Waals surface area (Å²) < 4.78 is 5.03. The van der Waals surface area contributed by atoms with E-state index in [9.17, 15) is 29.1 Å². The minimum absolute atomic E-state index is 0.114. The second-order valence-corrected chi connectivity index (χ2v) is 8.97. The van der Waals surface area contributed by atoms with Crippen molar-refractivity contribution in [2.45, 2.75) is 57.7 Å². The highest BCUT2D eigenvalue weighted by Gasteiger charge is 2.35. The number of rotatable bonds is 9. The minimum atomic E-state index is -1.17. The number of hydrogen-bond donors (Lipinski definition) is 4. The van der Waals surface area contributed by atoms with Crippen molar-refractivity contribution < 1.29 is 33.8 Å². The second kappa shape index (κ2) is 12.0. The number of likely N-dealkylation sites (tertiary alicyclic amines) is 1. The number of amides is 4. The van der Waals surface area contributed by atoms with Gasteiger partial charge in [0.05, 0.1) is 6.54 Å². The summed E-state index contributed by atoms with van der Waals surface area (Å²) in [4.78, 5) is 61.9. The van der Waals surface area contributed by atoms with E-state index < -0.39 is 47.5 Å². The molecule has 0 aromatic heterocycles. The number of aliphatic carboxylic acids is 1. The molecule has 0 bridgehead atoms. The van der Waals surface area contributed by atoms with Crippen LogP contribution in [0.4, 0.5) is 4.79 Å². The van der Waals surface area contributed by atoms with Crippen molar-refractivity contribution in [3.05, 3.63) is 35.9 Å². The van der Waals surface area contributed by atoms with E-state index in [1.165, 1.54) is 4.90 Å². The molecule has 1 aliphatic rings. The first-order valence-corrected chi connectivity index (χ1v) is 11.1. The van der Waals surface area contributed by atoms with Crippen LogP contribution in [0.3, 0.4) is 0 Å². The molecule has 0 radical (unpaired) electrons. The summed E-state index contributed by atoms with van der Waals surface area (Å²) in [5.74, 6) is -2.78. The largest absolute Gasteiger partial charge is 0.480 e. The number of nitrogens with one attached hydrogen (secondary N) is 3. The zero-order valence-electron chi connectivity index (χ0n) is 19.6. The van der Waals surface area contributed by atoms with Gasteiger partial charge in [-0.2, -0.15) is 0 Å². The van der Waals surface area contributed by atoms with Gasteiger partial charge in [-0.3, -0.25) is 14.4 Å². The van der Waals surface area contributed by atoms with Crippen molar-refractivity contribution in [2.75, 3.05) is 19.6 Å². The van der Waals surface area contributed by atoms with E-state index in [2.05, 4.69) is 16.0 Å². The lowest BCUT2D eigenvalue weighted by Crippen LogP contribution is -2.53. The van der Waals surface area contributed by atoms with Gasteiger partial charge in [-0.15, -0.1) is 0 Å². The summed E-state index contributed by atoms with van der Waals surface area (Å²) in [6.45, 7) is 4.66. The molecule has 186 valence electrons. The average molecular weight is 477 g/mol. The van der Waals surface area contributed by atoms with Crippen molar-refractivity contribution in [1.82, 2.24) is 20.9 Å². The quantitative estimate of drug-likeness (QED) is 0.403. The van der Waals surface area contributed by atoms with E-state index in [-0.39, 0.29) is 19.5 Å². The van der Waals surface area contributed by atoms with Crippen molar-refractivity contribution >= 4 is 29.8 Å². The summed E-state index contributed by atoms with van der Waals surface area (Å²) >= 11 is 0. The van der Waals surface area contributed by atoms with Gasteiger partial charge in [-0.05, 0) is 39.2 Å². The van der Waals surface area contributed by atoms with Crippen molar-refractivity contribution in [3.8, 4) is 0 Å². The lowest BCUT2D eigenvalue weighted by Gasteiger charge is -2.25. The van der Waals surface area contributed by atoms with Crippen LogP contribution in [0.5, 0.6) is 0 Å². The lowest BCUT2D eigenvalue weighted by atomic mass is 10.1. The third-order valence-electron chi connectivity index (χ3n) is 5.00. The smallest absolute Gasteiger partial charge is 0.408 e. The molecule has 0 aliphatic carbocycles. The zero-order valence-corrected chi connectivity index (χ0v) is 19.6. The number of hydrogen-bond acceptors (Lipinski definition) is 6. The molecule has 4 N–H and O–H groups in total. The molecule has 1 saturated heterocycles. The molecule has 1 aliphatic heterocycles. The summed E-state index contributed by atoms with van der Waals surface area (Å²) in [5, 5.41) is 16.7. The summed E-state index contributed by atoms with van der Waals surface area (Å²) in [6.07, 6.45) is 0.329. The minimum Gasteiger partial charge on any atom is -0.480 e. The Morgan fingerprint density at radius 3 is 2.38 bits per heavy atom. The molecule has 0 unspecified atom stereocenters. The van der Waals surface area contributed by atoms with Crippen LogP contribution in [-0.4, -0.2) is 77.1 Å². The van der Waals surface area contributed by atoms with Crippen LogP contribution in [0.1, 0.15) is 39.2 Å². The highest BCUT2D eigenvalue weighted by atomic mass is 16.6. The van der Waals surface area contributed by atoms with Gasteiger partial charge in [0.15, 0.2) is 0 Å². The number of nitrogens with zero attached hydrogens (tertiary/aromatic N) is 1. The fraction of sp³-hybridized carbons (Fsp3) is 0.522. The number of carboxylic acids is 1. The van der Waals surface area contributed by atoms with Crippen LogP contribution in [0.25, 0.3) is 0 Å². The number of carboxylic acid groups (broad SMARTS) is 1. The number of ether oxygens (including phenoxy) is 1. The Hall–Kier alpha value is -3.63. The van der Waals surface area contributed by atoms with Crippen LogP contribution in [0.15, 0.2) is 30.3 Å². The Morgan fingerprint density at radius 1 is 1.09 bits per heavy atom. The SMILES string of the molecule is CC(C)(C)OC(=O)NCC(=O)NCC(=O)N1CCC[C@H]1C(=O)N[C@@H](Cc1ccccc1)C(=O)O. The standard InChI is InChI=1S/C23H32N4O7/c1-23(2,3)34-22(33)25-13-18(28)24-14-19(29)27-11-7-10-17(27)20(30)26-16(21(31)32)12-15-8-5-4-6-9-15/h4-6,8-9,16-17H,7,10-14H2,1-3H3,(H,24,28)(H,25,33)(H,26,30)(H,31,32)/t16-,17-/m0/s1. The molecular weight excluding hydrogens is 444 g/mol. The third kappa shape index (κ3) is 8.72. The Balaban J connectivity index is 1.85. The second-order valence-electron chi connectivity index (χ2n) is 8.97. The number of benzene rings is 1. The molecule has 2 atom stereocenters. The van der Waals surface area contributed by atoms with Gasteiger partial charge in [0.2, 0.25) is 17.7 Å². The first-order valence-electron chi connectivity index (χ1n) is 11.1. The normalized spacial score (nSPS) is 16.3. The van der Waals surface area contributed by atoms with E-state index in [4.69, 9.17) is 4.74 Å². The number of carbonyl (C=O) groups is 5. The van der Waals surface area contributed by atoms with Crippen LogP contribution in [0.2, 0.25) is 0 Å². The van der Waals surface area contributed by atoms with Crippen LogP contribution < -0.4 is 16.0 Å². The van der Waals surface area contributed by atoms with Gasteiger partial charge in [0, 0.05) is 13.0 Å². The van der Waals surface area contributed by atoms with Gasteiger partial charge in [-0.25, -0.2) is 9.59 Å². The van der Waals surface area contributed by atoms with E-state index >= 15 is 0 Å². The number of alkyl carbamates (subject to hydrolysis) is 1. The van der Waals surface area contributed by atoms with Crippen LogP contribution >= 0.6 is 0 Å². The van der Waals surface area contributed by atoms with Gasteiger partial charge < -0.3 is 30.7 Å². The molecule has 11 heteroatoms. The maximum atomic E-state index is 12.8. The summed E-state index contributed by atoms with van der Waals surface area (Å²) in [7, 11) is 0. The van der Waals surface area contributed by atoms with Gasteiger partial charge in [0.1, 0.15) is 24.2 Å². The molecule has 2 rings (SSSR count). The van der Waals surface area contributed by atoms with Crippen LogP contribution in [-0.2, 0) is 30.3 Å². The molecule has 0 spiro atoms. The molecular formula is C23H32N4O7. The molecule has 1 aromatic rings. The van der Waals surface area contributed by atoms with E-state index in [1.54, 1.807) is 45.0 Å². The Labute approximate surface area is 198 Å². The van der Waals surface area contributed by atoms with Gasteiger partial charge in [0.25, 0.3) is 0 Å². The first-order chi connectivity index (χ1) is 16.0. The molecule has 1 heterocycles. The van der Waals surface area contributed by atoms with Crippen molar-refractivity contribution in [2.24, 2.45) is 0 Å². The van der Waals surface area contributed by atoms with E-state index in [1.807, 2.05) is 6.07 Å². The maximum absolute atomic E-state index is 12.8. The van der Waals surface area contributed by atoms with Gasteiger partial charge >= 0.3 is 12.1 Å². The third-order valence-corrected chi connectivity index (χ3v) is 5.00. The predicted octanol–water partition coefficient (Wildman–Crippen LogP) is 0.430. The van der Waals surface area contributed by atoms with E-state index in [0.717, 1.165) is 5.56 Å². The Bertz CT molecular complexity index is 898. The fourth-order valence-electron chi connectivity index (χ4n) is 3.46. The Morgan fingerprint density at radius 2 is 1.76 bits per heavy atom. The first kappa shape index (κ1) is 26.6. The zero-order chi connectivity index (χ0) is 25.3. The van der Waals surface area contributed by atoms with Crippen LogP contribution in [0, 0.1) is 0 Å². The average Bonchev–Trinajstić information content (AvgIpc) is 3.25. The topological polar surface area (TPSA) is 154 Å². The fourth-order valence-corrected chi connectivity index (χ4v) is 3.46. The monoisotopic (exact) mass is 476 g/mol. The highest BCUT2D eigenvalue weighted by molar-refractivity contribution is 5.93. The predicted molar refractivity (Wildman–Crippen MR) is 122 cm³/mol. The van der Waals surface area contributed by atoms with Gasteiger partial charge in [-0.1, -0.05) is 30.3 Å². The summed E-state index contributed by atoms with van der Waals surface area (Å²) in [6, 6.07) is 6.97. The summed E-state index contributed by atoms with van der Waals surface area (Å²) in [5.41, 5.74) is 0.0556. The molecule has 34 heavy (non-hydrogen) atoms. The van der Waals surface area contributed by atoms with E-state index in [0.29, 0.717) is 19.4 Å². The maximum Gasteiger partial charge on any atom is 0.408 e. The van der Waals surface area contributed by atoms with Crippen molar-refractivity contribution in [1.29, 1.82) is 0 Å². The molecule has 1 aromatic carbocycles. The van der Waals surface area contributed by atoms with Crippen molar-refractivity contribution in [3.63, 3.8) is 0 Å². The Kier molecular flexibility index (Phi) is 9.40. The molecule has 4 amide bonds. The molecule has 1 fully saturated rings. The number of carbonyl (C=O) groups excluding carboxylic acids is 4. The molecule has 11 nitrogen and oxygen atoms in total. The highest BCUT2D eigenvalue weighted by Crippen LogP contribution is 2.18. The molecule has 0 saturated carbocycles.